The summed E-state index contributed by atoms with van der Waals surface area (Å²) >= 11 is 0. The zero-order chi connectivity index (χ0) is 14.1. The Morgan fingerprint density at radius 2 is 1.68 bits per heavy atom. The van der Waals surface area contributed by atoms with Crippen molar-refractivity contribution < 1.29 is 19.1 Å². The summed E-state index contributed by atoms with van der Waals surface area (Å²) in [6.45, 7) is 4.75. The van der Waals surface area contributed by atoms with Gasteiger partial charge >= 0.3 is 11.9 Å². The second kappa shape index (κ2) is 8.45. The number of carbonyl (C=O) groups is 2. The van der Waals surface area contributed by atoms with E-state index >= 15 is 0 Å². The van der Waals surface area contributed by atoms with Gasteiger partial charge in [0.05, 0.1) is 18.8 Å². The number of nitrogens with zero attached hydrogens (tertiary/aromatic N) is 1. The van der Waals surface area contributed by atoms with Crippen molar-refractivity contribution in [2.24, 2.45) is 4.99 Å². The standard InChI is InChI=1S/C14H21NO4/c1-3-5-9-18-13(16)11-7-8-15-12(11)14(17)19-10-6-4-2/h8H,3-7,9-10H2,1-2H3. The summed E-state index contributed by atoms with van der Waals surface area (Å²) in [5.74, 6) is -1.00. The second-order valence-electron chi connectivity index (χ2n) is 4.32. The first kappa shape index (κ1) is 15.4. The molecule has 1 aliphatic heterocycles. The molecule has 0 N–H and O–H groups in total. The van der Waals surface area contributed by atoms with E-state index in [4.69, 9.17) is 9.47 Å². The molecule has 0 atom stereocenters. The summed E-state index contributed by atoms with van der Waals surface area (Å²) < 4.78 is 10.1. The number of unbranched alkanes of at least 4 members (excludes halogenated alkanes) is 2. The minimum atomic E-state index is -0.537. The van der Waals surface area contributed by atoms with Gasteiger partial charge < -0.3 is 9.47 Å². The maximum absolute atomic E-state index is 11.8. The summed E-state index contributed by atoms with van der Waals surface area (Å²) in [5.41, 5.74) is 0.398. The lowest BCUT2D eigenvalue weighted by molar-refractivity contribution is -0.142. The van der Waals surface area contributed by atoms with Gasteiger partial charge in [-0.3, -0.25) is 4.99 Å². The van der Waals surface area contributed by atoms with Crippen LogP contribution in [0.2, 0.25) is 0 Å². The van der Waals surface area contributed by atoms with Crippen molar-refractivity contribution in [2.75, 3.05) is 13.2 Å². The smallest absolute Gasteiger partial charge is 0.357 e. The molecule has 0 bridgehead atoms. The van der Waals surface area contributed by atoms with E-state index < -0.39 is 11.9 Å². The summed E-state index contributed by atoms with van der Waals surface area (Å²) in [5, 5.41) is 0. The van der Waals surface area contributed by atoms with Gasteiger partial charge in [0.2, 0.25) is 0 Å². The number of hydrogen-bond acceptors (Lipinski definition) is 5. The molecule has 1 heterocycles. The SMILES string of the molecule is CCCCOC(=O)C1=C(C(=O)OCCCC)N=CC1. The molecule has 0 spiro atoms. The van der Waals surface area contributed by atoms with Gasteiger partial charge in [-0.25, -0.2) is 9.59 Å². The highest BCUT2D eigenvalue weighted by molar-refractivity contribution is 6.05. The molecule has 19 heavy (non-hydrogen) atoms. The Balaban J connectivity index is 2.56. The molecule has 0 aromatic carbocycles. The summed E-state index contributed by atoms with van der Waals surface area (Å²) in [4.78, 5) is 27.5. The van der Waals surface area contributed by atoms with Crippen LogP contribution in [0.1, 0.15) is 46.0 Å². The van der Waals surface area contributed by atoms with Gasteiger partial charge in [-0.1, -0.05) is 26.7 Å². The number of aliphatic imine (C=N–C) groups is 1. The number of ether oxygens (including phenoxy) is 2. The lowest BCUT2D eigenvalue weighted by Gasteiger charge is -2.07. The lowest BCUT2D eigenvalue weighted by Crippen LogP contribution is -2.14. The molecule has 0 amide bonds. The maximum Gasteiger partial charge on any atom is 0.357 e. The largest absolute Gasteiger partial charge is 0.462 e. The quantitative estimate of drug-likeness (QED) is 0.500. The van der Waals surface area contributed by atoms with Gasteiger partial charge in [-0.2, -0.15) is 0 Å². The van der Waals surface area contributed by atoms with Crippen LogP contribution < -0.4 is 0 Å². The highest BCUT2D eigenvalue weighted by Gasteiger charge is 2.25. The molecule has 0 aliphatic carbocycles. The molecule has 0 fully saturated rings. The van der Waals surface area contributed by atoms with Crippen LogP contribution in [-0.2, 0) is 19.1 Å². The Labute approximate surface area is 113 Å². The Morgan fingerprint density at radius 1 is 1.11 bits per heavy atom. The van der Waals surface area contributed by atoms with Crippen LogP contribution in [0.15, 0.2) is 16.3 Å². The van der Waals surface area contributed by atoms with Crippen molar-refractivity contribution >= 4 is 18.2 Å². The Kier molecular flexibility index (Phi) is 6.85. The van der Waals surface area contributed by atoms with E-state index in [0.29, 0.717) is 25.2 Å². The number of hydrogen-bond donors (Lipinski definition) is 0. The average Bonchev–Trinajstić information content (AvgIpc) is 2.88. The van der Waals surface area contributed by atoms with E-state index in [1.807, 2.05) is 13.8 Å². The average molecular weight is 267 g/mol. The molecule has 0 saturated heterocycles. The van der Waals surface area contributed by atoms with Crippen LogP contribution in [0.3, 0.4) is 0 Å². The first-order valence-corrected chi connectivity index (χ1v) is 6.80. The van der Waals surface area contributed by atoms with Crippen molar-refractivity contribution in [3.05, 3.63) is 11.3 Å². The van der Waals surface area contributed by atoms with Crippen LogP contribution in [0.4, 0.5) is 0 Å². The molecule has 0 aromatic rings. The topological polar surface area (TPSA) is 65.0 Å². The first-order valence-electron chi connectivity index (χ1n) is 6.80. The van der Waals surface area contributed by atoms with E-state index in [9.17, 15) is 9.59 Å². The highest BCUT2D eigenvalue weighted by Crippen LogP contribution is 2.19. The zero-order valence-electron chi connectivity index (χ0n) is 11.6. The molecular weight excluding hydrogens is 246 g/mol. The number of carbonyl (C=O) groups excluding carboxylic acids is 2. The van der Waals surface area contributed by atoms with Gasteiger partial charge in [0.25, 0.3) is 0 Å². The van der Waals surface area contributed by atoms with Crippen molar-refractivity contribution in [1.82, 2.24) is 0 Å². The second-order valence-corrected chi connectivity index (χ2v) is 4.32. The molecule has 1 aliphatic rings. The number of esters is 2. The molecule has 0 saturated carbocycles. The minimum absolute atomic E-state index is 0.0950. The Bertz CT molecular complexity index is 385. The van der Waals surface area contributed by atoms with Crippen molar-refractivity contribution in [1.29, 1.82) is 0 Å². The van der Waals surface area contributed by atoms with Crippen LogP contribution >= 0.6 is 0 Å². The lowest BCUT2D eigenvalue weighted by atomic mass is 10.2. The van der Waals surface area contributed by atoms with Gasteiger partial charge in [0.1, 0.15) is 0 Å². The summed E-state index contributed by atoms with van der Waals surface area (Å²) in [7, 11) is 0. The number of rotatable bonds is 8. The van der Waals surface area contributed by atoms with Gasteiger partial charge in [0.15, 0.2) is 5.70 Å². The monoisotopic (exact) mass is 267 g/mol. The fraction of sp³-hybridized carbons (Fsp3) is 0.643. The zero-order valence-corrected chi connectivity index (χ0v) is 11.6. The van der Waals surface area contributed by atoms with E-state index in [-0.39, 0.29) is 5.70 Å². The third-order valence-corrected chi connectivity index (χ3v) is 2.70. The van der Waals surface area contributed by atoms with Crippen LogP contribution in [-0.4, -0.2) is 31.4 Å². The molecule has 5 nitrogen and oxygen atoms in total. The summed E-state index contributed by atoms with van der Waals surface area (Å²) in [6.07, 6.45) is 5.39. The van der Waals surface area contributed by atoms with Crippen molar-refractivity contribution in [3.63, 3.8) is 0 Å². The Morgan fingerprint density at radius 3 is 2.26 bits per heavy atom. The molecule has 0 aromatic heterocycles. The Hall–Kier alpha value is -1.65. The summed E-state index contributed by atoms with van der Waals surface area (Å²) in [6, 6.07) is 0. The van der Waals surface area contributed by atoms with Crippen LogP contribution in [0, 0.1) is 0 Å². The molecular formula is C14H21NO4. The van der Waals surface area contributed by atoms with Gasteiger partial charge in [-0.05, 0) is 12.8 Å². The predicted octanol–water partition coefficient (Wildman–Crippen LogP) is 2.40. The highest BCUT2D eigenvalue weighted by atomic mass is 16.5. The van der Waals surface area contributed by atoms with Crippen molar-refractivity contribution in [2.45, 2.75) is 46.0 Å². The fourth-order valence-corrected chi connectivity index (χ4v) is 1.53. The van der Waals surface area contributed by atoms with Crippen LogP contribution in [0.5, 0.6) is 0 Å². The fourth-order valence-electron chi connectivity index (χ4n) is 1.53. The molecule has 1 rings (SSSR count). The van der Waals surface area contributed by atoms with Gasteiger partial charge in [0, 0.05) is 12.6 Å². The van der Waals surface area contributed by atoms with Crippen LogP contribution in [0.25, 0.3) is 0 Å². The maximum atomic E-state index is 11.8. The molecule has 0 unspecified atom stereocenters. The third-order valence-electron chi connectivity index (χ3n) is 2.70. The minimum Gasteiger partial charge on any atom is -0.462 e. The van der Waals surface area contributed by atoms with E-state index in [2.05, 4.69) is 4.99 Å². The third kappa shape index (κ3) is 4.85. The van der Waals surface area contributed by atoms with Crippen molar-refractivity contribution in [3.8, 4) is 0 Å². The molecule has 106 valence electrons. The molecule has 0 radical (unpaired) electrons. The van der Waals surface area contributed by atoms with E-state index in [1.165, 1.54) is 6.21 Å². The van der Waals surface area contributed by atoms with E-state index in [0.717, 1.165) is 25.7 Å². The van der Waals surface area contributed by atoms with E-state index in [1.54, 1.807) is 0 Å². The normalized spacial score (nSPS) is 13.8. The van der Waals surface area contributed by atoms with Gasteiger partial charge in [-0.15, -0.1) is 0 Å². The molecule has 5 heteroatoms. The first-order chi connectivity index (χ1) is 9.20. The predicted molar refractivity (Wildman–Crippen MR) is 71.9 cm³/mol.